The van der Waals surface area contributed by atoms with Crippen molar-refractivity contribution in [2.24, 2.45) is 5.92 Å². The van der Waals surface area contributed by atoms with Crippen molar-refractivity contribution in [3.05, 3.63) is 71.5 Å². The summed E-state index contributed by atoms with van der Waals surface area (Å²) in [5, 5.41) is 0. The molecule has 2 aromatic carbocycles. The molecule has 0 saturated carbocycles. The Balaban J connectivity index is 1.26. The molecule has 0 unspecified atom stereocenters. The topological polar surface area (TPSA) is 26.8 Å². The molecule has 1 amide bonds. The van der Waals surface area contributed by atoms with E-state index < -0.39 is 0 Å². The minimum absolute atomic E-state index is 0.0878. The van der Waals surface area contributed by atoms with Gasteiger partial charge in [-0.3, -0.25) is 14.6 Å². The summed E-state index contributed by atoms with van der Waals surface area (Å²) in [5.41, 5.74) is 2.44. The number of nitrogens with zero attached hydrogens (tertiary/aromatic N) is 3. The molecule has 2 saturated heterocycles. The van der Waals surface area contributed by atoms with Gasteiger partial charge in [0, 0.05) is 45.8 Å². The summed E-state index contributed by atoms with van der Waals surface area (Å²) in [4.78, 5) is 19.9. The first-order valence-corrected chi connectivity index (χ1v) is 10.7. The molecule has 5 heteroatoms. The third-order valence-corrected chi connectivity index (χ3v) is 6.11. The van der Waals surface area contributed by atoms with Crippen molar-refractivity contribution < 1.29 is 9.18 Å². The largest absolute Gasteiger partial charge is 0.340 e. The van der Waals surface area contributed by atoms with Crippen LogP contribution in [0.3, 0.4) is 0 Å². The van der Waals surface area contributed by atoms with Crippen LogP contribution in [0, 0.1) is 11.7 Å². The Labute approximate surface area is 172 Å². The first kappa shape index (κ1) is 20.0. The highest BCUT2D eigenvalue weighted by Crippen LogP contribution is 2.22. The van der Waals surface area contributed by atoms with Gasteiger partial charge in [-0.1, -0.05) is 42.5 Å². The fourth-order valence-electron chi connectivity index (χ4n) is 4.47. The van der Waals surface area contributed by atoms with Gasteiger partial charge in [-0.25, -0.2) is 4.39 Å². The van der Waals surface area contributed by atoms with Gasteiger partial charge < -0.3 is 4.90 Å². The molecule has 2 heterocycles. The molecule has 2 aliphatic heterocycles. The molecule has 0 aliphatic carbocycles. The van der Waals surface area contributed by atoms with Gasteiger partial charge in [-0.05, 0) is 42.6 Å². The molecule has 4 nitrogen and oxygen atoms in total. The normalized spacial score (nSPS) is 21.3. The van der Waals surface area contributed by atoms with Crippen LogP contribution in [-0.4, -0.2) is 59.9 Å². The Hall–Kier alpha value is -2.24. The van der Waals surface area contributed by atoms with Crippen molar-refractivity contribution in [1.82, 2.24) is 14.7 Å². The number of halogens is 1. The zero-order valence-corrected chi connectivity index (χ0v) is 17.0. The number of rotatable bonds is 5. The lowest BCUT2D eigenvalue weighted by Crippen LogP contribution is -2.52. The van der Waals surface area contributed by atoms with E-state index in [2.05, 4.69) is 39.0 Å². The van der Waals surface area contributed by atoms with E-state index in [4.69, 9.17) is 0 Å². The van der Waals surface area contributed by atoms with Gasteiger partial charge in [0.25, 0.3) is 0 Å². The quantitative estimate of drug-likeness (QED) is 0.777. The number of piperazine rings is 1. The molecular weight excluding hydrogens is 365 g/mol. The minimum Gasteiger partial charge on any atom is -0.340 e. The van der Waals surface area contributed by atoms with Crippen LogP contribution in [0.4, 0.5) is 4.39 Å². The zero-order chi connectivity index (χ0) is 20.1. The van der Waals surface area contributed by atoms with E-state index in [1.54, 1.807) is 0 Å². The van der Waals surface area contributed by atoms with Gasteiger partial charge in [-0.2, -0.15) is 0 Å². The molecule has 0 bridgehead atoms. The number of carbonyl (C=O) groups is 1. The smallest absolute Gasteiger partial charge is 0.227 e. The van der Waals surface area contributed by atoms with E-state index >= 15 is 0 Å². The zero-order valence-electron chi connectivity index (χ0n) is 17.0. The molecule has 154 valence electrons. The van der Waals surface area contributed by atoms with Gasteiger partial charge in [0.15, 0.2) is 0 Å². The molecule has 29 heavy (non-hydrogen) atoms. The molecular formula is C24H30FN3O. The molecule has 2 aromatic rings. The lowest BCUT2D eigenvalue weighted by atomic mass is 9.95. The molecule has 4 rings (SSSR count). The van der Waals surface area contributed by atoms with Gasteiger partial charge in [0.05, 0.1) is 5.92 Å². The summed E-state index contributed by atoms with van der Waals surface area (Å²) in [6, 6.07) is 17.2. The number of hydrogen-bond acceptors (Lipinski definition) is 3. The van der Waals surface area contributed by atoms with Crippen LogP contribution in [0.2, 0.25) is 0 Å². The van der Waals surface area contributed by atoms with Crippen molar-refractivity contribution in [3.63, 3.8) is 0 Å². The highest BCUT2D eigenvalue weighted by molar-refractivity contribution is 5.79. The van der Waals surface area contributed by atoms with Crippen molar-refractivity contribution in [2.45, 2.75) is 25.9 Å². The van der Waals surface area contributed by atoms with Gasteiger partial charge in [-0.15, -0.1) is 0 Å². The summed E-state index contributed by atoms with van der Waals surface area (Å²) in [7, 11) is 0. The SMILES string of the molecule is O=C([C@@H]1CCCN(Cc2ccc(F)cc2)C1)N1CCN(Cc2ccccc2)CC1. The Kier molecular flexibility index (Phi) is 6.57. The Morgan fingerprint density at radius 2 is 1.48 bits per heavy atom. The van der Waals surface area contributed by atoms with Crippen LogP contribution in [0.5, 0.6) is 0 Å². The van der Waals surface area contributed by atoms with Crippen molar-refractivity contribution >= 4 is 5.91 Å². The second-order valence-corrected chi connectivity index (χ2v) is 8.29. The lowest BCUT2D eigenvalue weighted by molar-refractivity contribution is -0.139. The molecule has 2 aliphatic rings. The molecule has 2 fully saturated rings. The van der Waals surface area contributed by atoms with E-state index in [0.29, 0.717) is 5.91 Å². The lowest BCUT2D eigenvalue weighted by Gasteiger charge is -2.39. The molecule has 0 spiro atoms. The van der Waals surface area contributed by atoms with Crippen molar-refractivity contribution in [2.75, 3.05) is 39.3 Å². The fourth-order valence-corrected chi connectivity index (χ4v) is 4.47. The van der Waals surface area contributed by atoms with Crippen LogP contribution in [0.15, 0.2) is 54.6 Å². The highest BCUT2D eigenvalue weighted by atomic mass is 19.1. The monoisotopic (exact) mass is 395 g/mol. The molecule has 0 aromatic heterocycles. The second kappa shape index (κ2) is 9.51. The summed E-state index contributed by atoms with van der Waals surface area (Å²) in [5.74, 6) is 0.199. The second-order valence-electron chi connectivity index (χ2n) is 8.29. The summed E-state index contributed by atoms with van der Waals surface area (Å²) in [6.07, 6.45) is 2.02. The van der Waals surface area contributed by atoms with E-state index in [1.807, 2.05) is 18.2 Å². The fraction of sp³-hybridized carbons (Fsp3) is 0.458. The van der Waals surface area contributed by atoms with E-state index in [0.717, 1.165) is 70.8 Å². The maximum Gasteiger partial charge on any atom is 0.227 e. The van der Waals surface area contributed by atoms with Gasteiger partial charge in [0.1, 0.15) is 5.82 Å². The van der Waals surface area contributed by atoms with Crippen molar-refractivity contribution in [1.29, 1.82) is 0 Å². The van der Waals surface area contributed by atoms with Gasteiger partial charge >= 0.3 is 0 Å². The van der Waals surface area contributed by atoms with Crippen LogP contribution in [-0.2, 0) is 17.9 Å². The number of likely N-dealkylation sites (tertiary alicyclic amines) is 1. The predicted molar refractivity (Wildman–Crippen MR) is 113 cm³/mol. The van der Waals surface area contributed by atoms with E-state index in [1.165, 1.54) is 17.7 Å². The van der Waals surface area contributed by atoms with Gasteiger partial charge in [0.2, 0.25) is 5.91 Å². The Morgan fingerprint density at radius 3 is 2.21 bits per heavy atom. The average Bonchev–Trinajstić information content (AvgIpc) is 2.76. The maximum absolute atomic E-state index is 13.1. The number of hydrogen-bond donors (Lipinski definition) is 0. The third-order valence-electron chi connectivity index (χ3n) is 6.11. The summed E-state index contributed by atoms with van der Waals surface area (Å²) < 4.78 is 13.1. The first-order valence-electron chi connectivity index (χ1n) is 10.7. The Bertz CT molecular complexity index is 788. The number of piperidine rings is 1. The van der Waals surface area contributed by atoms with Crippen LogP contribution in [0.1, 0.15) is 24.0 Å². The van der Waals surface area contributed by atoms with E-state index in [-0.39, 0.29) is 11.7 Å². The van der Waals surface area contributed by atoms with Crippen LogP contribution in [0.25, 0.3) is 0 Å². The first-order chi connectivity index (χ1) is 14.2. The predicted octanol–water partition coefficient (Wildman–Crippen LogP) is 3.38. The maximum atomic E-state index is 13.1. The number of benzene rings is 2. The molecule has 1 atom stereocenters. The summed E-state index contributed by atoms with van der Waals surface area (Å²) in [6.45, 7) is 7.07. The third kappa shape index (κ3) is 5.43. The van der Waals surface area contributed by atoms with E-state index in [9.17, 15) is 9.18 Å². The number of amides is 1. The standard InChI is InChI=1S/C24H30FN3O/c25-23-10-8-21(9-11-23)18-27-12-4-7-22(19-27)24(29)28-15-13-26(14-16-28)17-20-5-2-1-3-6-20/h1-3,5-6,8-11,22H,4,7,12-19H2/t22-/m1/s1. The van der Waals surface area contributed by atoms with Crippen LogP contribution < -0.4 is 0 Å². The average molecular weight is 396 g/mol. The molecule has 0 N–H and O–H groups in total. The summed E-state index contributed by atoms with van der Waals surface area (Å²) >= 11 is 0. The Morgan fingerprint density at radius 1 is 0.828 bits per heavy atom. The highest BCUT2D eigenvalue weighted by Gasteiger charge is 2.31. The molecule has 0 radical (unpaired) electrons. The minimum atomic E-state index is -0.202. The van der Waals surface area contributed by atoms with Crippen LogP contribution >= 0.6 is 0 Å². The van der Waals surface area contributed by atoms with Crippen molar-refractivity contribution in [3.8, 4) is 0 Å². The number of carbonyl (C=O) groups excluding carboxylic acids is 1.